The Kier molecular flexibility index (Phi) is 2.47. The van der Waals surface area contributed by atoms with Gasteiger partial charge in [-0.05, 0) is 14.0 Å². The van der Waals surface area contributed by atoms with E-state index in [0.29, 0.717) is 19.8 Å². The SMILES string of the molecule is CCOP1(=O)OCCN1C. The van der Waals surface area contributed by atoms with Gasteiger partial charge in [-0.15, -0.1) is 0 Å². The largest absolute Gasteiger partial charge is 0.408 e. The molecule has 5 heteroatoms. The third-order valence-electron chi connectivity index (χ3n) is 1.38. The van der Waals surface area contributed by atoms with E-state index in [-0.39, 0.29) is 0 Å². The molecule has 0 aromatic carbocycles. The molecule has 0 spiro atoms. The van der Waals surface area contributed by atoms with Gasteiger partial charge in [-0.25, -0.2) is 9.24 Å². The zero-order valence-electron chi connectivity index (χ0n) is 6.24. The maximum absolute atomic E-state index is 11.4. The number of rotatable bonds is 2. The Bertz CT molecular complexity index is 161. The molecule has 0 radical (unpaired) electrons. The Morgan fingerprint density at radius 3 is 2.90 bits per heavy atom. The van der Waals surface area contributed by atoms with Crippen LogP contribution in [0.4, 0.5) is 0 Å². The summed E-state index contributed by atoms with van der Waals surface area (Å²) in [6.07, 6.45) is 0. The molecule has 0 bridgehead atoms. The van der Waals surface area contributed by atoms with Gasteiger partial charge in [0.2, 0.25) is 0 Å². The van der Waals surface area contributed by atoms with Gasteiger partial charge in [0.05, 0.1) is 13.2 Å². The number of hydrogen-bond donors (Lipinski definition) is 0. The molecule has 60 valence electrons. The van der Waals surface area contributed by atoms with Gasteiger partial charge in [-0.3, -0.25) is 9.05 Å². The number of hydrogen-bond acceptors (Lipinski definition) is 3. The molecule has 1 rings (SSSR count). The van der Waals surface area contributed by atoms with Crippen molar-refractivity contribution < 1.29 is 13.6 Å². The summed E-state index contributed by atoms with van der Waals surface area (Å²) in [5.41, 5.74) is 0. The van der Waals surface area contributed by atoms with Crippen LogP contribution in [0.25, 0.3) is 0 Å². The van der Waals surface area contributed by atoms with Crippen LogP contribution in [0.3, 0.4) is 0 Å². The molecule has 1 aliphatic rings. The first-order valence-corrected chi connectivity index (χ1v) is 4.79. The van der Waals surface area contributed by atoms with E-state index in [1.807, 2.05) is 0 Å². The van der Waals surface area contributed by atoms with Crippen molar-refractivity contribution in [3.8, 4) is 0 Å². The Balaban J connectivity index is 2.57. The van der Waals surface area contributed by atoms with Gasteiger partial charge in [0.1, 0.15) is 0 Å². The maximum atomic E-state index is 11.4. The summed E-state index contributed by atoms with van der Waals surface area (Å²) in [6.45, 7) is 3.43. The van der Waals surface area contributed by atoms with Crippen LogP contribution >= 0.6 is 7.75 Å². The minimum absolute atomic E-state index is 0.432. The third-order valence-corrected chi connectivity index (χ3v) is 3.51. The van der Waals surface area contributed by atoms with Crippen LogP contribution < -0.4 is 0 Å². The molecule has 0 saturated carbocycles. The van der Waals surface area contributed by atoms with E-state index in [2.05, 4.69) is 0 Å². The fourth-order valence-electron chi connectivity index (χ4n) is 0.808. The highest BCUT2D eigenvalue weighted by Crippen LogP contribution is 2.53. The minimum Gasteiger partial charge on any atom is -0.297 e. The lowest BCUT2D eigenvalue weighted by atomic mass is 10.7. The molecule has 4 nitrogen and oxygen atoms in total. The summed E-state index contributed by atoms with van der Waals surface area (Å²) in [5, 5.41) is 0. The zero-order valence-corrected chi connectivity index (χ0v) is 7.13. The average molecular weight is 165 g/mol. The Morgan fingerprint density at radius 1 is 1.80 bits per heavy atom. The Labute approximate surface area is 60.7 Å². The van der Waals surface area contributed by atoms with Crippen LogP contribution in [0.15, 0.2) is 0 Å². The predicted molar refractivity (Wildman–Crippen MR) is 37.8 cm³/mol. The van der Waals surface area contributed by atoms with Gasteiger partial charge >= 0.3 is 7.75 Å². The van der Waals surface area contributed by atoms with Crippen molar-refractivity contribution in [1.82, 2.24) is 4.67 Å². The Morgan fingerprint density at radius 2 is 2.50 bits per heavy atom. The van der Waals surface area contributed by atoms with Crippen LogP contribution in [0.1, 0.15) is 6.92 Å². The molecular formula is C5H12NO3P. The van der Waals surface area contributed by atoms with E-state index < -0.39 is 7.75 Å². The first-order valence-electron chi connectivity index (χ1n) is 3.30. The fraction of sp³-hybridized carbons (Fsp3) is 1.00. The molecule has 0 aromatic rings. The predicted octanol–water partition coefficient (Wildman–Crippen LogP) is 1.09. The van der Waals surface area contributed by atoms with Crippen molar-refractivity contribution in [2.75, 3.05) is 26.8 Å². The summed E-state index contributed by atoms with van der Waals surface area (Å²) in [5.74, 6) is 0. The van der Waals surface area contributed by atoms with E-state index in [1.165, 1.54) is 0 Å². The molecule has 1 aliphatic heterocycles. The van der Waals surface area contributed by atoms with Crippen LogP contribution in [-0.2, 0) is 13.6 Å². The molecule has 1 heterocycles. The topological polar surface area (TPSA) is 38.8 Å². The smallest absolute Gasteiger partial charge is 0.297 e. The van der Waals surface area contributed by atoms with Crippen molar-refractivity contribution in [3.05, 3.63) is 0 Å². The van der Waals surface area contributed by atoms with Crippen molar-refractivity contribution in [3.63, 3.8) is 0 Å². The lowest BCUT2D eigenvalue weighted by Crippen LogP contribution is -2.10. The molecule has 1 fully saturated rings. The molecule has 1 atom stereocenters. The van der Waals surface area contributed by atoms with E-state index in [9.17, 15) is 4.57 Å². The highest BCUT2D eigenvalue weighted by molar-refractivity contribution is 7.51. The Hall–Kier alpha value is 0.110. The summed E-state index contributed by atoms with van der Waals surface area (Å²) >= 11 is 0. The van der Waals surface area contributed by atoms with Crippen LogP contribution in [-0.4, -0.2) is 31.5 Å². The summed E-state index contributed by atoms with van der Waals surface area (Å²) in [7, 11) is -1.09. The van der Waals surface area contributed by atoms with E-state index in [1.54, 1.807) is 18.6 Å². The first-order chi connectivity index (χ1) is 4.69. The monoisotopic (exact) mass is 165 g/mol. The lowest BCUT2D eigenvalue weighted by Gasteiger charge is -2.15. The second kappa shape index (κ2) is 3.01. The summed E-state index contributed by atoms with van der Waals surface area (Å²) in [6, 6.07) is 0. The van der Waals surface area contributed by atoms with Gasteiger partial charge in [0, 0.05) is 6.54 Å². The van der Waals surface area contributed by atoms with Crippen molar-refractivity contribution in [2.24, 2.45) is 0 Å². The maximum Gasteiger partial charge on any atom is 0.408 e. The van der Waals surface area contributed by atoms with E-state index in [4.69, 9.17) is 9.05 Å². The molecule has 10 heavy (non-hydrogen) atoms. The normalized spacial score (nSPS) is 35.0. The number of likely N-dealkylation sites (N-methyl/N-ethyl adjacent to an activating group) is 1. The van der Waals surface area contributed by atoms with Gasteiger partial charge in [0.15, 0.2) is 0 Å². The second-order valence-corrected chi connectivity index (χ2v) is 4.24. The first kappa shape index (κ1) is 8.21. The van der Waals surface area contributed by atoms with Crippen molar-refractivity contribution >= 4 is 7.75 Å². The quantitative estimate of drug-likeness (QED) is 0.574. The fourth-order valence-corrected chi connectivity index (χ4v) is 2.24. The molecule has 1 unspecified atom stereocenters. The van der Waals surface area contributed by atoms with Gasteiger partial charge in [-0.2, -0.15) is 0 Å². The van der Waals surface area contributed by atoms with Gasteiger partial charge in [-0.1, -0.05) is 0 Å². The van der Waals surface area contributed by atoms with Gasteiger partial charge < -0.3 is 0 Å². The molecule has 0 amide bonds. The minimum atomic E-state index is -2.83. The molecular weight excluding hydrogens is 153 g/mol. The second-order valence-electron chi connectivity index (χ2n) is 2.10. The van der Waals surface area contributed by atoms with Crippen LogP contribution in [0, 0.1) is 0 Å². The summed E-state index contributed by atoms with van der Waals surface area (Å²) < 4.78 is 23.0. The van der Waals surface area contributed by atoms with Crippen molar-refractivity contribution in [2.45, 2.75) is 6.92 Å². The lowest BCUT2D eigenvalue weighted by molar-refractivity contribution is 0.227. The van der Waals surface area contributed by atoms with Crippen LogP contribution in [0.5, 0.6) is 0 Å². The standard InChI is InChI=1S/C5H12NO3P/c1-3-8-10(7)6(2)4-5-9-10/h3-5H2,1-2H3. The van der Waals surface area contributed by atoms with Crippen molar-refractivity contribution in [1.29, 1.82) is 0 Å². The molecule has 0 aliphatic carbocycles. The third kappa shape index (κ3) is 1.40. The average Bonchev–Trinajstić information content (AvgIpc) is 2.15. The van der Waals surface area contributed by atoms with E-state index >= 15 is 0 Å². The zero-order chi connectivity index (χ0) is 7.61. The van der Waals surface area contributed by atoms with Gasteiger partial charge in [0.25, 0.3) is 0 Å². The highest BCUT2D eigenvalue weighted by Gasteiger charge is 2.35. The van der Waals surface area contributed by atoms with E-state index in [0.717, 1.165) is 0 Å². The number of nitrogens with zero attached hydrogens (tertiary/aromatic N) is 1. The molecule has 1 saturated heterocycles. The highest BCUT2D eigenvalue weighted by atomic mass is 31.2. The summed E-state index contributed by atoms with van der Waals surface area (Å²) in [4.78, 5) is 0. The van der Waals surface area contributed by atoms with Crippen LogP contribution in [0.2, 0.25) is 0 Å². The molecule has 0 N–H and O–H groups in total. The molecule has 0 aromatic heterocycles.